The van der Waals surface area contributed by atoms with E-state index >= 15 is 0 Å². The molecule has 186 valence electrons. The summed E-state index contributed by atoms with van der Waals surface area (Å²) in [5, 5.41) is 0. The summed E-state index contributed by atoms with van der Waals surface area (Å²) >= 11 is 0. The van der Waals surface area contributed by atoms with Crippen LogP contribution >= 0.6 is 0 Å². The van der Waals surface area contributed by atoms with Crippen molar-refractivity contribution in [1.29, 1.82) is 0 Å². The van der Waals surface area contributed by atoms with Gasteiger partial charge in [0.15, 0.2) is 23.3 Å². The van der Waals surface area contributed by atoms with Crippen molar-refractivity contribution in [1.82, 2.24) is 19.5 Å². The van der Waals surface area contributed by atoms with Crippen LogP contribution in [0.25, 0.3) is 11.2 Å². The molecule has 36 heavy (non-hydrogen) atoms. The molecule has 9 nitrogen and oxygen atoms in total. The van der Waals surface area contributed by atoms with Crippen molar-refractivity contribution >= 4 is 16.9 Å². The number of imidazole rings is 1. The van der Waals surface area contributed by atoms with Crippen LogP contribution < -0.4 is 19.1 Å². The minimum atomic E-state index is -0.238. The van der Waals surface area contributed by atoms with Crippen LogP contribution in [0.4, 0.5) is 5.69 Å². The first-order valence-electron chi connectivity index (χ1n) is 12.3. The standard InChI is InChI=1S/C27H29N5O4/c1-3-20-5-4-19(13-28-20)25-16-35-24-11-18(10-23(33-2)26(24)36-25)15-32-17-30-22-12-21(14-29-27(22)32)31-6-8-34-9-7-31/h4-5,10-14,17,25H,3,6-9,15-16H2,1-2H3. The highest BCUT2D eigenvalue weighted by molar-refractivity contribution is 5.75. The third kappa shape index (κ3) is 4.30. The quantitative estimate of drug-likeness (QED) is 0.406. The molecule has 2 aliphatic heterocycles. The molecule has 3 aromatic heterocycles. The Labute approximate surface area is 209 Å². The molecule has 1 atom stereocenters. The highest BCUT2D eigenvalue weighted by Crippen LogP contribution is 2.44. The van der Waals surface area contributed by atoms with Gasteiger partial charge in [0.1, 0.15) is 12.1 Å². The Morgan fingerprint density at radius 3 is 2.72 bits per heavy atom. The smallest absolute Gasteiger partial charge is 0.204 e. The number of hydrogen-bond acceptors (Lipinski definition) is 8. The fraction of sp³-hybridized carbons (Fsp3) is 0.370. The summed E-state index contributed by atoms with van der Waals surface area (Å²) in [7, 11) is 1.64. The van der Waals surface area contributed by atoms with Crippen molar-refractivity contribution in [2.45, 2.75) is 26.0 Å². The van der Waals surface area contributed by atoms with Gasteiger partial charge in [-0.15, -0.1) is 0 Å². The Morgan fingerprint density at radius 2 is 1.94 bits per heavy atom. The van der Waals surface area contributed by atoms with E-state index in [1.807, 2.05) is 47.6 Å². The second-order valence-corrected chi connectivity index (χ2v) is 8.99. The lowest BCUT2D eigenvalue weighted by Gasteiger charge is -2.28. The lowest BCUT2D eigenvalue weighted by atomic mass is 10.1. The molecule has 0 saturated carbocycles. The van der Waals surface area contributed by atoms with Crippen LogP contribution in [0.3, 0.4) is 0 Å². The van der Waals surface area contributed by atoms with E-state index in [2.05, 4.69) is 27.9 Å². The number of hydrogen-bond donors (Lipinski definition) is 0. The number of ether oxygens (including phenoxy) is 4. The Balaban J connectivity index is 1.23. The molecule has 0 radical (unpaired) electrons. The number of morpholine rings is 1. The SMILES string of the molecule is CCc1ccc(C2COc3cc(Cn4cnc5cc(N6CCOCC6)cnc54)cc(OC)c3O2)cn1. The highest BCUT2D eigenvalue weighted by Gasteiger charge is 2.27. The van der Waals surface area contributed by atoms with Crippen LogP contribution in [0, 0.1) is 0 Å². The maximum Gasteiger partial charge on any atom is 0.204 e. The first kappa shape index (κ1) is 22.6. The summed E-state index contributed by atoms with van der Waals surface area (Å²) in [4.78, 5) is 16.1. The minimum absolute atomic E-state index is 0.238. The van der Waals surface area contributed by atoms with E-state index in [-0.39, 0.29) is 6.10 Å². The number of aryl methyl sites for hydroxylation is 1. The number of aromatic nitrogens is 4. The van der Waals surface area contributed by atoms with Gasteiger partial charge in [-0.3, -0.25) is 4.98 Å². The number of fused-ring (bicyclic) bond motifs is 2. The molecule has 0 spiro atoms. The highest BCUT2D eigenvalue weighted by atomic mass is 16.6. The third-order valence-electron chi connectivity index (χ3n) is 6.70. The number of nitrogens with zero attached hydrogens (tertiary/aromatic N) is 5. The third-order valence-corrected chi connectivity index (χ3v) is 6.70. The maximum absolute atomic E-state index is 6.31. The second-order valence-electron chi connectivity index (χ2n) is 8.99. The zero-order valence-corrected chi connectivity index (χ0v) is 20.5. The summed E-state index contributed by atoms with van der Waals surface area (Å²) in [6.07, 6.45) is 6.27. The van der Waals surface area contributed by atoms with Crippen molar-refractivity contribution in [2.75, 3.05) is 44.9 Å². The fourth-order valence-electron chi connectivity index (χ4n) is 4.68. The van der Waals surface area contributed by atoms with Gasteiger partial charge < -0.3 is 28.4 Å². The lowest BCUT2D eigenvalue weighted by molar-refractivity contribution is 0.0867. The zero-order chi connectivity index (χ0) is 24.5. The van der Waals surface area contributed by atoms with E-state index in [9.17, 15) is 0 Å². The van der Waals surface area contributed by atoms with Gasteiger partial charge in [0.2, 0.25) is 5.75 Å². The molecule has 0 bridgehead atoms. The average Bonchev–Trinajstić information content (AvgIpc) is 3.34. The monoisotopic (exact) mass is 487 g/mol. The van der Waals surface area contributed by atoms with Crippen LogP contribution in [-0.4, -0.2) is 59.5 Å². The molecule has 6 rings (SSSR count). The summed E-state index contributed by atoms with van der Waals surface area (Å²) in [5.41, 5.74) is 5.83. The predicted octanol–water partition coefficient (Wildman–Crippen LogP) is 3.79. The van der Waals surface area contributed by atoms with Crippen LogP contribution in [0.1, 0.15) is 29.8 Å². The Bertz CT molecular complexity index is 1350. The van der Waals surface area contributed by atoms with E-state index in [0.29, 0.717) is 30.4 Å². The lowest BCUT2D eigenvalue weighted by Crippen LogP contribution is -2.36. The summed E-state index contributed by atoms with van der Waals surface area (Å²) in [6, 6.07) is 10.2. The molecule has 1 unspecified atom stereocenters. The molecule has 1 fully saturated rings. The minimum Gasteiger partial charge on any atom is -0.493 e. The normalized spacial score (nSPS) is 17.4. The Hall–Kier alpha value is -3.85. The van der Waals surface area contributed by atoms with Crippen molar-refractivity contribution in [3.63, 3.8) is 0 Å². The van der Waals surface area contributed by atoms with E-state index in [1.54, 1.807) is 7.11 Å². The van der Waals surface area contributed by atoms with Gasteiger partial charge in [-0.25, -0.2) is 9.97 Å². The summed E-state index contributed by atoms with van der Waals surface area (Å²) in [6.45, 7) is 6.29. The number of anilines is 1. The van der Waals surface area contributed by atoms with Crippen molar-refractivity contribution in [2.24, 2.45) is 0 Å². The number of methoxy groups -OCH3 is 1. The van der Waals surface area contributed by atoms with Crippen molar-refractivity contribution in [3.8, 4) is 17.2 Å². The average molecular weight is 488 g/mol. The van der Waals surface area contributed by atoms with E-state index in [4.69, 9.17) is 23.9 Å². The molecule has 1 aromatic carbocycles. The zero-order valence-electron chi connectivity index (χ0n) is 20.5. The first-order chi connectivity index (χ1) is 17.7. The first-order valence-corrected chi connectivity index (χ1v) is 12.3. The molecule has 1 saturated heterocycles. The molecular formula is C27H29N5O4. The molecule has 9 heteroatoms. The van der Waals surface area contributed by atoms with Crippen LogP contribution in [-0.2, 0) is 17.7 Å². The molecule has 2 aliphatic rings. The molecule has 5 heterocycles. The molecule has 0 aliphatic carbocycles. The van der Waals surface area contributed by atoms with Gasteiger partial charge in [0.25, 0.3) is 0 Å². The molecule has 0 amide bonds. The topological polar surface area (TPSA) is 83.8 Å². The number of pyridine rings is 2. The Kier molecular flexibility index (Phi) is 6.06. The molecule has 4 aromatic rings. The van der Waals surface area contributed by atoms with Crippen molar-refractivity contribution in [3.05, 3.63) is 65.9 Å². The van der Waals surface area contributed by atoms with Crippen molar-refractivity contribution < 1.29 is 18.9 Å². The molecule has 0 N–H and O–H groups in total. The fourth-order valence-corrected chi connectivity index (χ4v) is 4.68. The summed E-state index contributed by atoms with van der Waals surface area (Å²) in [5.74, 6) is 1.92. The van der Waals surface area contributed by atoms with Gasteiger partial charge in [-0.2, -0.15) is 0 Å². The van der Waals surface area contributed by atoms with Gasteiger partial charge >= 0.3 is 0 Å². The van der Waals surface area contributed by atoms with Crippen LogP contribution in [0.5, 0.6) is 17.2 Å². The predicted molar refractivity (Wildman–Crippen MR) is 135 cm³/mol. The number of benzene rings is 1. The van der Waals surface area contributed by atoms with Gasteiger partial charge in [-0.05, 0) is 36.2 Å². The van der Waals surface area contributed by atoms with Gasteiger partial charge in [-0.1, -0.05) is 13.0 Å². The Morgan fingerprint density at radius 1 is 1.06 bits per heavy atom. The summed E-state index contributed by atoms with van der Waals surface area (Å²) < 4.78 is 25.6. The van der Waals surface area contributed by atoms with Gasteiger partial charge in [0.05, 0.1) is 45.1 Å². The largest absolute Gasteiger partial charge is 0.493 e. The molecular weight excluding hydrogens is 458 g/mol. The van der Waals surface area contributed by atoms with Crippen LogP contribution in [0.2, 0.25) is 0 Å². The number of rotatable bonds is 6. The second kappa shape index (κ2) is 9.66. The van der Waals surface area contributed by atoms with E-state index in [1.165, 1.54) is 0 Å². The van der Waals surface area contributed by atoms with E-state index in [0.717, 1.165) is 66.4 Å². The van der Waals surface area contributed by atoms with Gasteiger partial charge in [0, 0.05) is 30.5 Å². The van der Waals surface area contributed by atoms with E-state index < -0.39 is 0 Å². The van der Waals surface area contributed by atoms with Crippen LogP contribution in [0.15, 0.2) is 49.1 Å². The maximum atomic E-state index is 6.31.